The zero-order valence-electron chi connectivity index (χ0n) is 16.2. The van der Waals surface area contributed by atoms with Gasteiger partial charge in [-0.25, -0.2) is 4.39 Å². The number of nitrogens with zero attached hydrogens (tertiary/aromatic N) is 1. The van der Waals surface area contributed by atoms with Crippen molar-refractivity contribution in [1.82, 2.24) is 10.2 Å². The van der Waals surface area contributed by atoms with Crippen molar-refractivity contribution in [2.75, 3.05) is 13.2 Å². The number of likely N-dealkylation sites (N-methyl/N-ethyl adjacent to an activating group) is 1. The van der Waals surface area contributed by atoms with Gasteiger partial charge in [-0.1, -0.05) is 23.7 Å². The average Bonchev–Trinajstić information content (AvgIpc) is 2.68. The van der Waals surface area contributed by atoms with Crippen molar-refractivity contribution in [1.29, 1.82) is 0 Å². The lowest BCUT2D eigenvalue weighted by Crippen LogP contribution is -2.49. The second-order valence-electron chi connectivity index (χ2n) is 6.42. The summed E-state index contributed by atoms with van der Waals surface area (Å²) < 4.78 is 18.8. The fraction of sp³-hybridized carbons (Fsp3) is 0.333. The van der Waals surface area contributed by atoms with Crippen LogP contribution in [0.3, 0.4) is 0 Å². The summed E-state index contributed by atoms with van der Waals surface area (Å²) in [5, 5.41) is 3.33. The number of benzene rings is 2. The number of hydrogen-bond acceptors (Lipinski definition) is 3. The van der Waals surface area contributed by atoms with Crippen molar-refractivity contribution in [3.63, 3.8) is 0 Å². The number of amides is 2. The first-order chi connectivity index (χ1) is 13.3. The van der Waals surface area contributed by atoms with E-state index < -0.39 is 6.04 Å². The molecule has 0 spiro atoms. The van der Waals surface area contributed by atoms with E-state index in [0.29, 0.717) is 22.9 Å². The van der Waals surface area contributed by atoms with Gasteiger partial charge < -0.3 is 15.0 Å². The minimum Gasteiger partial charge on any atom is -0.484 e. The van der Waals surface area contributed by atoms with Crippen molar-refractivity contribution < 1.29 is 18.7 Å². The maximum Gasteiger partial charge on any atom is 0.261 e. The minimum absolute atomic E-state index is 0.167. The van der Waals surface area contributed by atoms with E-state index in [1.807, 2.05) is 13.8 Å². The summed E-state index contributed by atoms with van der Waals surface area (Å²) >= 11 is 6.00. The van der Waals surface area contributed by atoms with Crippen molar-refractivity contribution >= 4 is 23.4 Å². The first kappa shape index (κ1) is 21.7. The smallest absolute Gasteiger partial charge is 0.261 e. The van der Waals surface area contributed by atoms with Crippen molar-refractivity contribution in [2.45, 2.75) is 33.4 Å². The fourth-order valence-corrected chi connectivity index (χ4v) is 2.74. The normalized spacial score (nSPS) is 11.6. The van der Waals surface area contributed by atoms with Gasteiger partial charge in [-0.05, 0) is 62.2 Å². The largest absolute Gasteiger partial charge is 0.484 e. The molecule has 5 nitrogen and oxygen atoms in total. The van der Waals surface area contributed by atoms with Crippen LogP contribution in [0.15, 0.2) is 42.5 Å². The third-order valence-corrected chi connectivity index (χ3v) is 4.70. The summed E-state index contributed by atoms with van der Waals surface area (Å²) in [7, 11) is 0. The molecule has 0 unspecified atom stereocenters. The number of carbonyl (C=O) groups is 2. The third kappa shape index (κ3) is 5.96. The molecule has 2 rings (SSSR count). The molecule has 7 heteroatoms. The molecule has 2 amide bonds. The van der Waals surface area contributed by atoms with Gasteiger partial charge in [-0.2, -0.15) is 0 Å². The van der Waals surface area contributed by atoms with E-state index >= 15 is 0 Å². The topological polar surface area (TPSA) is 58.6 Å². The number of nitrogens with one attached hydrogen (secondary N) is 1. The van der Waals surface area contributed by atoms with E-state index in [1.165, 1.54) is 17.0 Å². The summed E-state index contributed by atoms with van der Waals surface area (Å²) in [6.07, 6.45) is 0. The predicted molar refractivity (Wildman–Crippen MR) is 107 cm³/mol. The summed E-state index contributed by atoms with van der Waals surface area (Å²) in [6, 6.07) is 10.2. The lowest BCUT2D eigenvalue weighted by atomic mass is 10.1. The van der Waals surface area contributed by atoms with Gasteiger partial charge in [0.2, 0.25) is 5.91 Å². The van der Waals surface area contributed by atoms with Crippen LogP contribution in [0.1, 0.15) is 25.0 Å². The van der Waals surface area contributed by atoms with Crippen LogP contribution >= 0.6 is 11.6 Å². The Hall–Kier alpha value is -2.60. The molecule has 28 heavy (non-hydrogen) atoms. The van der Waals surface area contributed by atoms with E-state index in [9.17, 15) is 14.0 Å². The maximum absolute atomic E-state index is 13.2. The lowest BCUT2D eigenvalue weighted by molar-refractivity contribution is -0.142. The zero-order valence-corrected chi connectivity index (χ0v) is 16.9. The lowest BCUT2D eigenvalue weighted by Gasteiger charge is -2.28. The second-order valence-corrected chi connectivity index (χ2v) is 6.83. The Morgan fingerprint density at radius 2 is 1.89 bits per heavy atom. The first-order valence-corrected chi connectivity index (χ1v) is 9.40. The minimum atomic E-state index is -0.701. The van der Waals surface area contributed by atoms with E-state index in [4.69, 9.17) is 16.3 Å². The van der Waals surface area contributed by atoms with Crippen LogP contribution in [-0.2, 0) is 16.1 Å². The molecule has 0 aromatic heterocycles. The zero-order chi connectivity index (χ0) is 20.7. The van der Waals surface area contributed by atoms with Crippen LogP contribution in [0.2, 0.25) is 5.02 Å². The van der Waals surface area contributed by atoms with Crippen LogP contribution in [0.5, 0.6) is 5.75 Å². The number of halogens is 2. The molecule has 0 radical (unpaired) electrons. The molecule has 0 fully saturated rings. The standard InChI is InChI=1S/C21H24ClFN2O3/c1-4-24-21(27)15(3)25(12-16-5-7-17(23)8-6-16)20(26)13-28-18-9-10-19(22)14(2)11-18/h5-11,15H,4,12-13H2,1-3H3,(H,24,27)/t15-/m0/s1. The number of carbonyl (C=O) groups excluding carboxylic acids is 2. The van der Waals surface area contributed by atoms with Gasteiger partial charge in [-0.15, -0.1) is 0 Å². The van der Waals surface area contributed by atoms with E-state index in [0.717, 1.165) is 5.56 Å². The van der Waals surface area contributed by atoms with E-state index in [1.54, 1.807) is 37.3 Å². The highest BCUT2D eigenvalue weighted by Crippen LogP contribution is 2.21. The monoisotopic (exact) mass is 406 g/mol. The van der Waals surface area contributed by atoms with Crippen molar-refractivity contribution in [3.8, 4) is 5.75 Å². The number of hydrogen-bond donors (Lipinski definition) is 1. The van der Waals surface area contributed by atoms with Gasteiger partial charge in [0.1, 0.15) is 17.6 Å². The van der Waals surface area contributed by atoms with Gasteiger partial charge in [0.05, 0.1) is 0 Å². The molecule has 1 N–H and O–H groups in total. The Labute approximate surface area is 169 Å². The maximum atomic E-state index is 13.2. The van der Waals surface area contributed by atoms with Crippen LogP contribution in [0, 0.1) is 12.7 Å². The van der Waals surface area contributed by atoms with Gasteiger partial charge in [-0.3, -0.25) is 9.59 Å². The van der Waals surface area contributed by atoms with Gasteiger partial charge in [0.25, 0.3) is 5.91 Å². The fourth-order valence-electron chi connectivity index (χ4n) is 2.63. The molecule has 0 saturated carbocycles. The SMILES string of the molecule is CCNC(=O)[C@H](C)N(Cc1ccc(F)cc1)C(=O)COc1ccc(Cl)c(C)c1. The Morgan fingerprint density at radius 3 is 2.50 bits per heavy atom. The number of rotatable bonds is 8. The van der Waals surface area contributed by atoms with Gasteiger partial charge >= 0.3 is 0 Å². The Bertz CT molecular complexity index is 827. The molecule has 0 aliphatic rings. The average molecular weight is 407 g/mol. The summed E-state index contributed by atoms with van der Waals surface area (Å²) in [5.41, 5.74) is 1.55. The Balaban J connectivity index is 2.13. The third-order valence-electron chi connectivity index (χ3n) is 4.28. The summed E-state index contributed by atoms with van der Waals surface area (Å²) in [4.78, 5) is 26.5. The van der Waals surface area contributed by atoms with Crippen LogP contribution in [0.4, 0.5) is 4.39 Å². The highest BCUT2D eigenvalue weighted by molar-refractivity contribution is 6.31. The second kappa shape index (κ2) is 10.1. The van der Waals surface area contributed by atoms with Crippen LogP contribution < -0.4 is 10.1 Å². The molecule has 2 aromatic rings. The van der Waals surface area contributed by atoms with E-state index in [-0.39, 0.29) is 30.8 Å². The number of ether oxygens (including phenoxy) is 1. The first-order valence-electron chi connectivity index (χ1n) is 9.02. The molecule has 1 atom stereocenters. The Morgan fingerprint density at radius 1 is 1.21 bits per heavy atom. The highest BCUT2D eigenvalue weighted by atomic mass is 35.5. The summed E-state index contributed by atoms with van der Waals surface area (Å²) in [6.45, 7) is 5.70. The molecular weight excluding hydrogens is 383 g/mol. The number of aryl methyl sites for hydroxylation is 1. The van der Waals surface area contributed by atoms with Crippen LogP contribution in [-0.4, -0.2) is 35.9 Å². The van der Waals surface area contributed by atoms with Crippen molar-refractivity contribution in [2.24, 2.45) is 0 Å². The van der Waals surface area contributed by atoms with Crippen LogP contribution in [0.25, 0.3) is 0 Å². The van der Waals surface area contributed by atoms with Gasteiger partial charge in [0.15, 0.2) is 6.61 Å². The quantitative estimate of drug-likeness (QED) is 0.726. The molecule has 150 valence electrons. The molecular formula is C21H24ClFN2O3. The molecule has 0 saturated heterocycles. The predicted octanol–water partition coefficient (Wildman–Crippen LogP) is 3.72. The molecule has 0 heterocycles. The van der Waals surface area contributed by atoms with Crippen molar-refractivity contribution in [3.05, 3.63) is 64.4 Å². The molecule has 2 aromatic carbocycles. The van der Waals surface area contributed by atoms with E-state index in [2.05, 4.69) is 5.32 Å². The van der Waals surface area contributed by atoms with Gasteiger partial charge in [0, 0.05) is 18.1 Å². The molecule has 0 bridgehead atoms. The highest BCUT2D eigenvalue weighted by Gasteiger charge is 2.26. The molecule has 0 aliphatic carbocycles. The Kier molecular flexibility index (Phi) is 7.81. The molecule has 0 aliphatic heterocycles. The summed E-state index contributed by atoms with van der Waals surface area (Å²) in [5.74, 6) is -0.460.